The van der Waals surface area contributed by atoms with E-state index in [0.717, 1.165) is 5.92 Å². The summed E-state index contributed by atoms with van der Waals surface area (Å²) >= 11 is 0. The summed E-state index contributed by atoms with van der Waals surface area (Å²) in [6, 6.07) is 0. The van der Waals surface area contributed by atoms with E-state index in [1.54, 1.807) is 0 Å². The van der Waals surface area contributed by atoms with Crippen molar-refractivity contribution in [3.05, 3.63) is 12.7 Å². The van der Waals surface area contributed by atoms with Crippen molar-refractivity contribution in [2.75, 3.05) is 0 Å². The average Bonchev–Trinajstić information content (AvgIpc) is 2.06. The molecule has 0 rings (SSSR count). The third kappa shape index (κ3) is 6.45. The van der Waals surface area contributed by atoms with Gasteiger partial charge in [0.15, 0.2) is 0 Å². The maximum atomic E-state index is 3.81. The van der Waals surface area contributed by atoms with Gasteiger partial charge in [0, 0.05) is 0 Å². The van der Waals surface area contributed by atoms with Crippen molar-refractivity contribution < 1.29 is 0 Å². The molecular weight excluding hydrogens is 144 g/mol. The number of hydrogen-bond donors (Lipinski definition) is 0. The lowest BCUT2D eigenvalue weighted by molar-refractivity contribution is 0.428. The second kappa shape index (κ2) is 8.83. The highest BCUT2D eigenvalue weighted by molar-refractivity contribution is 4.72. The van der Waals surface area contributed by atoms with E-state index in [0.29, 0.717) is 0 Å². The summed E-state index contributed by atoms with van der Waals surface area (Å²) in [6.07, 6.45) is 11.6. The Hall–Kier alpha value is -0.260. The summed E-state index contributed by atoms with van der Waals surface area (Å²) in [7, 11) is 0. The summed E-state index contributed by atoms with van der Waals surface area (Å²) in [4.78, 5) is 0. The van der Waals surface area contributed by atoms with Crippen LogP contribution in [0.25, 0.3) is 0 Å². The molecule has 1 unspecified atom stereocenters. The minimum Gasteiger partial charge on any atom is -0.103 e. The van der Waals surface area contributed by atoms with Gasteiger partial charge in [0.1, 0.15) is 0 Å². The Morgan fingerprint density at radius 3 is 2.33 bits per heavy atom. The predicted molar refractivity (Wildman–Crippen MR) is 57.4 cm³/mol. The third-order valence-electron chi connectivity index (χ3n) is 2.41. The first-order valence-corrected chi connectivity index (χ1v) is 5.46. The molecule has 0 aromatic carbocycles. The molecule has 0 N–H and O–H groups in total. The monoisotopic (exact) mass is 168 g/mol. The highest BCUT2D eigenvalue weighted by atomic mass is 14.1. The first-order valence-electron chi connectivity index (χ1n) is 5.46. The molecule has 0 aliphatic carbocycles. The summed E-state index contributed by atoms with van der Waals surface area (Å²) in [5, 5.41) is 0. The van der Waals surface area contributed by atoms with Crippen LogP contribution in [0.15, 0.2) is 12.7 Å². The molecule has 1 atom stereocenters. The molecular formula is C12H24. The number of rotatable bonds is 8. The van der Waals surface area contributed by atoms with E-state index in [4.69, 9.17) is 0 Å². The lowest BCUT2D eigenvalue weighted by atomic mass is 9.93. The normalized spacial score (nSPS) is 12.8. The second-order valence-electron chi connectivity index (χ2n) is 3.67. The number of hydrogen-bond acceptors (Lipinski definition) is 0. The zero-order chi connectivity index (χ0) is 9.23. The zero-order valence-electron chi connectivity index (χ0n) is 8.81. The van der Waals surface area contributed by atoms with Crippen molar-refractivity contribution >= 4 is 0 Å². The van der Waals surface area contributed by atoms with Crippen LogP contribution in [0.5, 0.6) is 0 Å². The summed E-state index contributed by atoms with van der Waals surface area (Å²) in [5.74, 6) is 0.916. The minimum atomic E-state index is 0.916. The van der Waals surface area contributed by atoms with Gasteiger partial charge in [-0.05, 0) is 12.3 Å². The molecule has 72 valence electrons. The Kier molecular flexibility index (Phi) is 8.64. The first kappa shape index (κ1) is 11.7. The second-order valence-corrected chi connectivity index (χ2v) is 3.67. The highest BCUT2D eigenvalue weighted by Crippen LogP contribution is 2.19. The van der Waals surface area contributed by atoms with Gasteiger partial charge in [-0.3, -0.25) is 0 Å². The predicted octanol–water partition coefficient (Wildman–Crippen LogP) is 4.56. The fourth-order valence-electron chi connectivity index (χ4n) is 1.71. The zero-order valence-corrected chi connectivity index (χ0v) is 8.81. The molecule has 0 aliphatic rings. The van der Waals surface area contributed by atoms with E-state index in [1.165, 1.54) is 44.9 Å². The van der Waals surface area contributed by atoms with E-state index < -0.39 is 0 Å². The van der Waals surface area contributed by atoms with Crippen molar-refractivity contribution in [2.45, 2.75) is 58.8 Å². The molecule has 0 nitrogen and oxygen atoms in total. The van der Waals surface area contributed by atoms with Gasteiger partial charge in [0.25, 0.3) is 0 Å². The van der Waals surface area contributed by atoms with Gasteiger partial charge in [-0.1, -0.05) is 58.4 Å². The third-order valence-corrected chi connectivity index (χ3v) is 2.41. The van der Waals surface area contributed by atoms with Gasteiger partial charge in [0.2, 0.25) is 0 Å². The molecule has 0 aromatic heterocycles. The quantitative estimate of drug-likeness (QED) is 0.368. The molecule has 0 fully saturated rings. The molecule has 0 saturated carbocycles. The molecule has 0 saturated heterocycles. The van der Waals surface area contributed by atoms with Crippen LogP contribution in [-0.4, -0.2) is 0 Å². The molecule has 0 spiro atoms. The van der Waals surface area contributed by atoms with E-state index in [-0.39, 0.29) is 0 Å². The maximum absolute atomic E-state index is 3.81. The summed E-state index contributed by atoms with van der Waals surface area (Å²) in [5.41, 5.74) is 0. The van der Waals surface area contributed by atoms with E-state index >= 15 is 0 Å². The Bertz CT molecular complexity index is 94.2. The first-order chi connectivity index (χ1) is 5.85. The maximum Gasteiger partial charge on any atom is -0.0325 e. The van der Waals surface area contributed by atoms with Gasteiger partial charge >= 0.3 is 0 Å². The molecule has 0 heterocycles. The SMILES string of the molecule is C=CCC(CCC)CCCCC. The van der Waals surface area contributed by atoms with E-state index in [1.807, 2.05) is 0 Å². The standard InChI is InChI=1S/C12H24/c1-4-7-8-11-12(9-5-2)10-6-3/h5,12H,2,4,6-11H2,1,3H3. The van der Waals surface area contributed by atoms with E-state index in [9.17, 15) is 0 Å². The van der Waals surface area contributed by atoms with Crippen LogP contribution in [0.2, 0.25) is 0 Å². The van der Waals surface area contributed by atoms with Gasteiger partial charge in [-0.2, -0.15) is 0 Å². The fraction of sp³-hybridized carbons (Fsp3) is 0.833. The van der Waals surface area contributed by atoms with Crippen molar-refractivity contribution in [1.29, 1.82) is 0 Å². The average molecular weight is 168 g/mol. The van der Waals surface area contributed by atoms with Crippen LogP contribution in [0.3, 0.4) is 0 Å². The van der Waals surface area contributed by atoms with Crippen LogP contribution in [0.1, 0.15) is 58.8 Å². The Labute approximate surface area is 78.1 Å². The van der Waals surface area contributed by atoms with Crippen molar-refractivity contribution in [3.8, 4) is 0 Å². The summed E-state index contributed by atoms with van der Waals surface area (Å²) < 4.78 is 0. The molecule has 0 radical (unpaired) electrons. The van der Waals surface area contributed by atoms with Crippen LogP contribution in [0.4, 0.5) is 0 Å². The highest BCUT2D eigenvalue weighted by Gasteiger charge is 2.04. The molecule has 12 heavy (non-hydrogen) atoms. The van der Waals surface area contributed by atoms with Crippen LogP contribution in [-0.2, 0) is 0 Å². The number of unbranched alkanes of at least 4 members (excludes halogenated alkanes) is 2. The van der Waals surface area contributed by atoms with Gasteiger partial charge in [-0.15, -0.1) is 6.58 Å². The van der Waals surface area contributed by atoms with Crippen LogP contribution >= 0.6 is 0 Å². The topological polar surface area (TPSA) is 0 Å². The Balaban J connectivity index is 3.40. The smallest absolute Gasteiger partial charge is 0.0325 e. The van der Waals surface area contributed by atoms with Gasteiger partial charge in [0.05, 0.1) is 0 Å². The Morgan fingerprint density at radius 1 is 1.08 bits per heavy atom. The lowest BCUT2D eigenvalue weighted by Crippen LogP contribution is -1.98. The van der Waals surface area contributed by atoms with Crippen LogP contribution < -0.4 is 0 Å². The number of allylic oxidation sites excluding steroid dienone is 1. The van der Waals surface area contributed by atoms with Gasteiger partial charge in [-0.25, -0.2) is 0 Å². The molecule has 0 aromatic rings. The molecule has 0 amide bonds. The van der Waals surface area contributed by atoms with Crippen molar-refractivity contribution in [2.24, 2.45) is 5.92 Å². The van der Waals surface area contributed by atoms with E-state index in [2.05, 4.69) is 26.5 Å². The van der Waals surface area contributed by atoms with Gasteiger partial charge < -0.3 is 0 Å². The lowest BCUT2D eigenvalue weighted by Gasteiger charge is -2.12. The summed E-state index contributed by atoms with van der Waals surface area (Å²) in [6.45, 7) is 8.35. The fourth-order valence-corrected chi connectivity index (χ4v) is 1.71. The Morgan fingerprint density at radius 2 is 1.83 bits per heavy atom. The van der Waals surface area contributed by atoms with Crippen LogP contribution in [0, 0.1) is 5.92 Å². The largest absolute Gasteiger partial charge is 0.103 e. The molecule has 0 heteroatoms. The molecule has 0 bridgehead atoms. The van der Waals surface area contributed by atoms with Crippen molar-refractivity contribution in [3.63, 3.8) is 0 Å². The van der Waals surface area contributed by atoms with Crippen molar-refractivity contribution in [1.82, 2.24) is 0 Å². The minimum absolute atomic E-state index is 0.916. The molecule has 0 aliphatic heterocycles.